The minimum atomic E-state index is 0.537. The number of para-hydroxylation sites is 1. The average molecular weight is 274 g/mol. The monoisotopic (exact) mass is 274 g/mol. The molecule has 0 unspecified atom stereocenters. The first kappa shape index (κ1) is 12.6. The fraction of sp³-hybridized carbons (Fsp3) is 0.400. The zero-order valence-corrected chi connectivity index (χ0v) is 11.9. The van der Waals surface area contributed by atoms with E-state index in [9.17, 15) is 0 Å². The molecule has 1 fully saturated rings. The van der Waals surface area contributed by atoms with Gasteiger partial charge in [0.1, 0.15) is 17.4 Å². The van der Waals surface area contributed by atoms with E-state index in [0.29, 0.717) is 19.1 Å². The first-order valence-electron chi connectivity index (χ1n) is 6.65. The van der Waals surface area contributed by atoms with E-state index in [0.717, 1.165) is 16.3 Å². The molecular weight excluding hydrogens is 256 g/mol. The molecule has 100 valence electrons. The van der Waals surface area contributed by atoms with Gasteiger partial charge in [0.05, 0.1) is 5.69 Å². The number of benzene rings is 1. The van der Waals surface area contributed by atoms with Crippen LogP contribution in [-0.2, 0) is 13.2 Å². The summed E-state index contributed by atoms with van der Waals surface area (Å²) in [6, 6.07) is 8.06. The van der Waals surface area contributed by atoms with E-state index in [1.165, 1.54) is 23.4 Å². The second-order valence-electron chi connectivity index (χ2n) is 4.95. The number of hydrogen-bond acceptors (Lipinski definition) is 4. The SMILES string of the molecule is Cc1ccccc1OCc1nc(C2CC2)c(CN)s1. The van der Waals surface area contributed by atoms with E-state index >= 15 is 0 Å². The van der Waals surface area contributed by atoms with Gasteiger partial charge < -0.3 is 10.5 Å². The second-order valence-corrected chi connectivity index (χ2v) is 6.12. The van der Waals surface area contributed by atoms with Crippen molar-refractivity contribution in [3.05, 3.63) is 45.4 Å². The normalized spacial score (nSPS) is 14.6. The molecule has 1 aliphatic carbocycles. The Bertz CT molecular complexity index is 575. The predicted molar refractivity (Wildman–Crippen MR) is 77.5 cm³/mol. The lowest BCUT2D eigenvalue weighted by atomic mass is 10.2. The highest BCUT2D eigenvalue weighted by Crippen LogP contribution is 2.42. The van der Waals surface area contributed by atoms with Crippen LogP contribution in [0.15, 0.2) is 24.3 Å². The predicted octanol–water partition coefficient (Wildman–Crippen LogP) is 3.37. The van der Waals surface area contributed by atoms with E-state index in [2.05, 4.69) is 13.0 Å². The second kappa shape index (κ2) is 5.31. The molecule has 3 nitrogen and oxygen atoms in total. The molecule has 2 N–H and O–H groups in total. The molecule has 1 heterocycles. The van der Waals surface area contributed by atoms with Crippen molar-refractivity contribution in [3.63, 3.8) is 0 Å². The van der Waals surface area contributed by atoms with E-state index in [1.54, 1.807) is 11.3 Å². The van der Waals surface area contributed by atoms with Gasteiger partial charge in [-0.2, -0.15) is 0 Å². The van der Waals surface area contributed by atoms with Crippen molar-refractivity contribution in [2.24, 2.45) is 5.73 Å². The van der Waals surface area contributed by atoms with Crippen LogP contribution >= 0.6 is 11.3 Å². The molecule has 0 amide bonds. The molecule has 4 heteroatoms. The summed E-state index contributed by atoms with van der Waals surface area (Å²) in [7, 11) is 0. The fourth-order valence-electron chi connectivity index (χ4n) is 2.16. The molecule has 0 spiro atoms. The minimum absolute atomic E-state index is 0.537. The molecule has 1 aromatic heterocycles. The summed E-state index contributed by atoms with van der Waals surface area (Å²) in [6.45, 7) is 3.18. The van der Waals surface area contributed by atoms with Crippen LogP contribution in [0, 0.1) is 6.92 Å². The number of aromatic nitrogens is 1. The lowest BCUT2D eigenvalue weighted by molar-refractivity contribution is 0.303. The summed E-state index contributed by atoms with van der Waals surface area (Å²) in [4.78, 5) is 5.93. The zero-order chi connectivity index (χ0) is 13.2. The number of nitrogens with zero attached hydrogens (tertiary/aromatic N) is 1. The summed E-state index contributed by atoms with van der Waals surface area (Å²) in [6.07, 6.45) is 2.52. The molecule has 0 bridgehead atoms. The third kappa shape index (κ3) is 2.80. The average Bonchev–Trinajstić information content (AvgIpc) is 3.18. The highest BCUT2D eigenvalue weighted by Gasteiger charge is 2.29. The minimum Gasteiger partial charge on any atom is -0.486 e. The number of rotatable bonds is 5. The summed E-state index contributed by atoms with van der Waals surface area (Å²) < 4.78 is 5.84. The van der Waals surface area contributed by atoms with Crippen LogP contribution in [0.5, 0.6) is 5.75 Å². The Morgan fingerprint density at radius 1 is 1.37 bits per heavy atom. The summed E-state index contributed by atoms with van der Waals surface area (Å²) in [5.74, 6) is 1.59. The quantitative estimate of drug-likeness (QED) is 0.909. The van der Waals surface area contributed by atoms with Crippen molar-refractivity contribution in [2.75, 3.05) is 0 Å². The Morgan fingerprint density at radius 2 is 2.16 bits per heavy atom. The maximum absolute atomic E-state index is 5.84. The Balaban J connectivity index is 1.71. The Kier molecular flexibility index (Phi) is 3.53. The van der Waals surface area contributed by atoms with Crippen LogP contribution in [0.25, 0.3) is 0 Å². The number of thiazole rings is 1. The van der Waals surface area contributed by atoms with Gasteiger partial charge in [-0.3, -0.25) is 0 Å². The van der Waals surface area contributed by atoms with Crippen molar-refractivity contribution < 1.29 is 4.74 Å². The summed E-state index contributed by atoms with van der Waals surface area (Å²) in [5, 5.41) is 1.03. The molecular formula is C15H18N2OS. The molecule has 3 rings (SSSR count). The molecule has 0 atom stereocenters. The highest BCUT2D eigenvalue weighted by molar-refractivity contribution is 7.11. The van der Waals surface area contributed by atoms with Gasteiger partial charge in [0.15, 0.2) is 0 Å². The Hall–Kier alpha value is -1.39. The first-order valence-corrected chi connectivity index (χ1v) is 7.46. The highest BCUT2D eigenvalue weighted by atomic mass is 32.1. The van der Waals surface area contributed by atoms with Crippen molar-refractivity contribution >= 4 is 11.3 Å². The topological polar surface area (TPSA) is 48.1 Å². The number of ether oxygens (including phenoxy) is 1. The zero-order valence-electron chi connectivity index (χ0n) is 11.1. The molecule has 0 saturated heterocycles. The first-order chi connectivity index (χ1) is 9.28. The lowest BCUT2D eigenvalue weighted by Crippen LogP contribution is -1.97. The Morgan fingerprint density at radius 3 is 2.84 bits per heavy atom. The van der Waals surface area contributed by atoms with Gasteiger partial charge >= 0.3 is 0 Å². The molecule has 2 aromatic rings. The van der Waals surface area contributed by atoms with Gasteiger partial charge in [-0.1, -0.05) is 18.2 Å². The van der Waals surface area contributed by atoms with Crippen molar-refractivity contribution in [1.82, 2.24) is 4.98 Å². The standard InChI is InChI=1S/C15H18N2OS/c1-10-4-2-3-5-12(10)18-9-14-17-15(11-6-7-11)13(8-16)19-14/h2-5,11H,6-9,16H2,1H3. The molecule has 1 aliphatic rings. The number of aryl methyl sites for hydroxylation is 1. The van der Waals surface area contributed by atoms with Gasteiger partial charge in [0.25, 0.3) is 0 Å². The number of hydrogen-bond donors (Lipinski definition) is 1. The van der Waals surface area contributed by atoms with Gasteiger partial charge in [0.2, 0.25) is 0 Å². The third-order valence-electron chi connectivity index (χ3n) is 3.37. The van der Waals surface area contributed by atoms with E-state index in [-0.39, 0.29) is 0 Å². The summed E-state index contributed by atoms with van der Waals surface area (Å²) >= 11 is 1.69. The van der Waals surface area contributed by atoms with E-state index < -0.39 is 0 Å². The lowest BCUT2D eigenvalue weighted by Gasteiger charge is -2.06. The molecule has 0 radical (unpaired) electrons. The summed E-state index contributed by atoms with van der Waals surface area (Å²) in [5.41, 5.74) is 8.16. The van der Waals surface area contributed by atoms with Crippen LogP contribution in [0.3, 0.4) is 0 Å². The number of nitrogens with two attached hydrogens (primary N) is 1. The molecule has 19 heavy (non-hydrogen) atoms. The smallest absolute Gasteiger partial charge is 0.140 e. The van der Waals surface area contributed by atoms with Crippen LogP contribution < -0.4 is 10.5 Å². The van der Waals surface area contributed by atoms with Crippen LogP contribution in [0.2, 0.25) is 0 Å². The molecule has 1 saturated carbocycles. The van der Waals surface area contributed by atoms with Crippen molar-refractivity contribution in [1.29, 1.82) is 0 Å². The van der Waals surface area contributed by atoms with Crippen LogP contribution in [-0.4, -0.2) is 4.98 Å². The van der Waals surface area contributed by atoms with Crippen molar-refractivity contribution in [3.8, 4) is 5.75 Å². The van der Waals surface area contributed by atoms with Gasteiger partial charge in [0, 0.05) is 17.3 Å². The molecule has 0 aliphatic heterocycles. The van der Waals surface area contributed by atoms with E-state index in [1.807, 2.05) is 18.2 Å². The largest absolute Gasteiger partial charge is 0.486 e. The third-order valence-corrected chi connectivity index (χ3v) is 4.43. The van der Waals surface area contributed by atoms with Gasteiger partial charge in [-0.05, 0) is 31.4 Å². The van der Waals surface area contributed by atoms with Gasteiger partial charge in [-0.15, -0.1) is 11.3 Å². The van der Waals surface area contributed by atoms with Gasteiger partial charge in [-0.25, -0.2) is 4.98 Å². The van der Waals surface area contributed by atoms with Crippen LogP contribution in [0.1, 0.15) is 39.9 Å². The van der Waals surface area contributed by atoms with Crippen molar-refractivity contribution in [2.45, 2.75) is 38.8 Å². The Labute approximate surface area is 117 Å². The van der Waals surface area contributed by atoms with E-state index in [4.69, 9.17) is 15.5 Å². The maximum atomic E-state index is 5.84. The maximum Gasteiger partial charge on any atom is 0.140 e. The fourth-order valence-corrected chi connectivity index (χ4v) is 3.10. The van der Waals surface area contributed by atoms with Crippen LogP contribution in [0.4, 0.5) is 0 Å². The molecule has 1 aromatic carbocycles.